The van der Waals surface area contributed by atoms with E-state index in [4.69, 9.17) is 17.5 Å². The fraction of sp³-hybridized carbons (Fsp3) is 0.417. The second kappa shape index (κ2) is 10.3. The van der Waals surface area contributed by atoms with Crippen LogP contribution in [0.3, 0.4) is 0 Å². The highest BCUT2D eigenvalue weighted by Crippen LogP contribution is 2.34. The number of carbonyl (C=O) groups excluding carboxylic acids is 1. The van der Waals surface area contributed by atoms with E-state index >= 15 is 0 Å². The summed E-state index contributed by atoms with van der Waals surface area (Å²) in [6, 6.07) is 10.1. The minimum Gasteiger partial charge on any atom is -0.318 e. The largest absolute Gasteiger partial charge is 0.419 e. The Bertz CT molecular complexity index is 1140. The fourth-order valence-corrected chi connectivity index (χ4v) is 4.65. The van der Waals surface area contributed by atoms with E-state index in [1.54, 1.807) is 4.90 Å². The van der Waals surface area contributed by atoms with Crippen LogP contribution in [0.1, 0.15) is 29.7 Å². The molecule has 0 spiro atoms. The SMILES string of the molecule is CN1CCN(Cc2ccc(N3CCCC(=O)N(c4cnc(C#N)c(C(F)(F)F)c4)C3=S)cc2)CC1. The molecule has 2 aromatic rings. The quantitative estimate of drug-likeness (QED) is 0.592. The van der Waals surface area contributed by atoms with Gasteiger partial charge in [-0.15, -0.1) is 0 Å². The van der Waals surface area contributed by atoms with Crippen molar-refractivity contribution in [3.05, 3.63) is 53.3 Å². The average molecular weight is 503 g/mol. The van der Waals surface area contributed by atoms with Crippen LogP contribution in [0, 0.1) is 11.3 Å². The van der Waals surface area contributed by atoms with E-state index in [0.717, 1.165) is 61.1 Å². The van der Waals surface area contributed by atoms with Crippen molar-refractivity contribution in [2.24, 2.45) is 0 Å². The summed E-state index contributed by atoms with van der Waals surface area (Å²) in [5.41, 5.74) is -0.142. The van der Waals surface area contributed by atoms with Crippen LogP contribution in [0.25, 0.3) is 0 Å². The summed E-state index contributed by atoms with van der Waals surface area (Å²) in [7, 11) is 2.11. The smallest absolute Gasteiger partial charge is 0.318 e. The zero-order valence-corrected chi connectivity index (χ0v) is 20.1. The topological polar surface area (TPSA) is 66.7 Å². The molecule has 4 rings (SSSR count). The standard InChI is InChI=1S/C24H25F3N6OS/c1-30-9-11-31(12-10-30)16-17-4-6-18(7-5-17)32-8-2-3-22(34)33(23(32)35)19-13-20(24(25,26)27)21(14-28)29-15-19/h4-7,13,15H,2-3,8-12,16H2,1H3. The zero-order chi connectivity index (χ0) is 25.2. The van der Waals surface area contributed by atoms with Crippen LogP contribution in [-0.2, 0) is 17.5 Å². The number of nitriles is 1. The fourth-order valence-electron chi connectivity index (χ4n) is 4.24. The van der Waals surface area contributed by atoms with E-state index in [0.29, 0.717) is 13.0 Å². The summed E-state index contributed by atoms with van der Waals surface area (Å²) in [6.07, 6.45) is -3.08. The van der Waals surface area contributed by atoms with Gasteiger partial charge in [-0.1, -0.05) is 12.1 Å². The van der Waals surface area contributed by atoms with Crippen molar-refractivity contribution < 1.29 is 18.0 Å². The first-order valence-electron chi connectivity index (χ1n) is 11.3. The van der Waals surface area contributed by atoms with Gasteiger partial charge in [0, 0.05) is 51.4 Å². The van der Waals surface area contributed by atoms with Crippen LogP contribution in [-0.4, -0.2) is 65.6 Å². The Balaban J connectivity index is 1.57. The lowest BCUT2D eigenvalue weighted by atomic mass is 10.1. The van der Waals surface area contributed by atoms with Crippen LogP contribution in [0.4, 0.5) is 24.5 Å². The predicted molar refractivity (Wildman–Crippen MR) is 130 cm³/mol. The van der Waals surface area contributed by atoms with Gasteiger partial charge in [-0.2, -0.15) is 18.4 Å². The van der Waals surface area contributed by atoms with Gasteiger partial charge < -0.3 is 9.80 Å². The number of alkyl halides is 3. The molecule has 1 amide bonds. The summed E-state index contributed by atoms with van der Waals surface area (Å²) in [6.45, 7) is 5.36. The molecule has 2 aliphatic heterocycles. The van der Waals surface area contributed by atoms with Gasteiger partial charge in [0.05, 0.1) is 17.4 Å². The van der Waals surface area contributed by atoms with Gasteiger partial charge in [-0.25, -0.2) is 4.98 Å². The van der Waals surface area contributed by atoms with E-state index in [2.05, 4.69) is 21.8 Å². The maximum absolute atomic E-state index is 13.5. The van der Waals surface area contributed by atoms with Crippen molar-refractivity contribution in [1.82, 2.24) is 14.8 Å². The third-order valence-electron chi connectivity index (χ3n) is 6.24. The van der Waals surface area contributed by atoms with Crippen molar-refractivity contribution in [3.63, 3.8) is 0 Å². The van der Waals surface area contributed by atoms with Crippen molar-refractivity contribution in [2.45, 2.75) is 25.6 Å². The zero-order valence-electron chi connectivity index (χ0n) is 19.3. The second-order valence-corrected chi connectivity index (χ2v) is 9.08. The highest BCUT2D eigenvalue weighted by atomic mass is 32.1. The molecule has 7 nitrogen and oxygen atoms in total. The molecule has 2 fully saturated rings. The van der Waals surface area contributed by atoms with Gasteiger partial charge in [0.25, 0.3) is 0 Å². The van der Waals surface area contributed by atoms with Gasteiger partial charge in [0.15, 0.2) is 10.8 Å². The number of amides is 1. The van der Waals surface area contributed by atoms with Crippen molar-refractivity contribution in [2.75, 3.05) is 49.6 Å². The summed E-state index contributed by atoms with van der Waals surface area (Å²) in [4.78, 5) is 24.0. The molecule has 0 atom stereocenters. The highest BCUT2D eigenvalue weighted by Gasteiger charge is 2.37. The first-order chi connectivity index (χ1) is 16.7. The van der Waals surface area contributed by atoms with Gasteiger partial charge in [0.1, 0.15) is 6.07 Å². The van der Waals surface area contributed by atoms with Crippen LogP contribution in [0.2, 0.25) is 0 Å². The normalized spacial score (nSPS) is 18.5. The van der Waals surface area contributed by atoms with Gasteiger partial charge >= 0.3 is 6.18 Å². The number of carbonyl (C=O) groups is 1. The summed E-state index contributed by atoms with van der Waals surface area (Å²) in [5, 5.41) is 9.11. The second-order valence-electron chi connectivity index (χ2n) is 8.71. The Hall–Kier alpha value is -3.07. The minimum absolute atomic E-state index is 0.0824. The van der Waals surface area contributed by atoms with Gasteiger partial charge in [0.2, 0.25) is 5.91 Å². The molecular formula is C24H25F3N6OS. The summed E-state index contributed by atoms with van der Waals surface area (Å²) >= 11 is 5.59. The molecule has 35 heavy (non-hydrogen) atoms. The molecule has 0 aliphatic carbocycles. The number of anilines is 2. The third-order valence-corrected chi connectivity index (χ3v) is 6.64. The minimum atomic E-state index is -4.79. The highest BCUT2D eigenvalue weighted by molar-refractivity contribution is 7.81. The number of aromatic nitrogens is 1. The van der Waals surface area contributed by atoms with E-state index in [-0.39, 0.29) is 17.2 Å². The maximum Gasteiger partial charge on any atom is 0.419 e. The Kier molecular flexibility index (Phi) is 7.35. The van der Waals surface area contributed by atoms with Crippen molar-refractivity contribution in [3.8, 4) is 6.07 Å². The molecule has 0 unspecified atom stereocenters. The molecule has 1 aromatic carbocycles. The third kappa shape index (κ3) is 5.61. The Labute approximate surface area is 207 Å². The summed E-state index contributed by atoms with van der Waals surface area (Å²) < 4.78 is 40.4. The number of nitrogens with zero attached hydrogens (tertiary/aromatic N) is 6. The first-order valence-corrected chi connectivity index (χ1v) is 11.7. The van der Waals surface area contributed by atoms with Gasteiger partial charge in [-0.3, -0.25) is 14.6 Å². The molecule has 0 bridgehead atoms. The number of piperazine rings is 1. The molecule has 2 aliphatic rings. The number of benzene rings is 1. The number of pyridine rings is 1. The molecule has 0 saturated carbocycles. The van der Waals surface area contributed by atoms with Crippen LogP contribution in [0.5, 0.6) is 0 Å². The Morgan fingerprint density at radius 3 is 2.40 bits per heavy atom. The van der Waals surface area contributed by atoms with Crippen LogP contribution in [0.15, 0.2) is 36.5 Å². The molecule has 0 radical (unpaired) electrons. The molecule has 11 heteroatoms. The van der Waals surface area contributed by atoms with E-state index in [1.165, 1.54) is 6.07 Å². The molecule has 184 valence electrons. The molecule has 0 N–H and O–H groups in total. The van der Waals surface area contributed by atoms with Gasteiger partial charge in [-0.05, 0) is 49.4 Å². The Morgan fingerprint density at radius 1 is 1.09 bits per heavy atom. The number of hydrogen-bond donors (Lipinski definition) is 0. The lowest BCUT2D eigenvalue weighted by Gasteiger charge is -2.32. The van der Waals surface area contributed by atoms with E-state index in [9.17, 15) is 18.0 Å². The number of likely N-dealkylation sites (N-methyl/N-ethyl adjacent to an activating group) is 1. The summed E-state index contributed by atoms with van der Waals surface area (Å²) in [5.74, 6) is -0.413. The van der Waals surface area contributed by atoms with Crippen molar-refractivity contribution in [1.29, 1.82) is 5.26 Å². The molecular weight excluding hydrogens is 477 g/mol. The number of hydrogen-bond acceptors (Lipinski definition) is 6. The lowest BCUT2D eigenvalue weighted by molar-refractivity contribution is -0.138. The number of halogens is 3. The molecule has 3 heterocycles. The first kappa shape index (κ1) is 25.0. The van der Waals surface area contributed by atoms with Crippen LogP contribution >= 0.6 is 12.2 Å². The average Bonchev–Trinajstić information content (AvgIpc) is 2.97. The monoisotopic (exact) mass is 502 g/mol. The molecule has 1 aromatic heterocycles. The van der Waals surface area contributed by atoms with E-state index < -0.39 is 23.3 Å². The van der Waals surface area contributed by atoms with E-state index in [1.807, 2.05) is 24.3 Å². The molecule has 2 saturated heterocycles. The van der Waals surface area contributed by atoms with Crippen LogP contribution < -0.4 is 9.80 Å². The lowest BCUT2D eigenvalue weighted by Crippen LogP contribution is -2.44. The predicted octanol–water partition coefficient (Wildman–Crippen LogP) is 3.64. The number of thiocarbonyl (C=S) groups is 1. The number of rotatable bonds is 4. The maximum atomic E-state index is 13.5. The van der Waals surface area contributed by atoms with Crippen molar-refractivity contribution >= 4 is 34.6 Å². The Morgan fingerprint density at radius 2 is 1.77 bits per heavy atom.